The van der Waals surface area contributed by atoms with Gasteiger partial charge >= 0.3 is 0 Å². The van der Waals surface area contributed by atoms with Gasteiger partial charge in [0.05, 0.1) is 0 Å². The summed E-state index contributed by atoms with van der Waals surface area (Å²) in [6, 6.07) is 5.97. The molecule has 0 heterocycles. The van der Waals surface area contributed by atoms with Crippen LogP contribution in [0.4, 0.5) is 0 Å². The third-order valence-electron chi connectivity index (χ3n) is 2.42. The second-order valence-corrected chi connectivity index (χ2v) is 4.02. The topological polar surface area (TPSA) is 78.4 Å². The monoisotopic (exact) mass is 250 g/mol. The van der Waals surface area contributed by atoms with Crippen molar-refractivity contribution in [3.05, 3.63) is 29.8 Å². The lowest BCUT2D eigenvalue weighted by molar-refractivity contribution is -0.128. The summed E-state index contributed by atoms with van der Waals surface area (Å²) in [4.78, 5) is 22.9. The molecule has 1 aromatic carbocycles. The van der Waals surface area contributed by atoms with Gasteiger partial charge in [0.15, 0.2) is 0 Å². The molecule has 0 radical (unpaired) electrons. The van der Waals surface area contributed by atoms with Crippen LogP contribution in [0.2, 0.25) is 0 Å². The average molecular weight is 250 g/mol. The van der Waals surface area contributed by atoms with Gasteiger partial charge in [-0.05, 0) is 24.6 Å². The third-order valence-corrected chi connectivity index (χ3v) is 2.42. The Bertz CT molecular complexity index is 415. The Morgan fingerprint density at radius 2 is 1.89 bits per heavy atom. The number of amides is 2. The summed E-state index contributed by atoms with van der Waals surface area (Å²) in [7, 11) is 0. The third kappa shape index (κ3) is 4.45. The lowest BCUT2D eigenvalue weighted by atomic mass is 10.0. The summed E-state index contributed by atoms with van der Waals surface area (Å²) in [5.74, 6) is -0.279. The first kappa shape index (κ1) is 14.0. The number of carbonyl (C=O) groups is 2. The standard InChI is InChI=1S/C13H18N2O3/c1-3-14-13(18)12(15-9(2)16)8-10-4-6-11(17)7-5-10/h4-7,12,17H,3,8H2,1-2H3,(H,14,18)(H,15,16)/t12-/m0/s1. The van der Waals surface area contributed by atoms with Gasteiger partial charge < -0.3 is 15.7 Å². The van der Waals surface area contributed by atoms with Gasteiger partial charge in [-0.15, -0.1) is 0 Å². The Balaban J connectivity index is 2.74. The van der Waals surface area contributed by atoms with Crippen molar-refractivity contribution in [2.24, 2.45) is 0 Å². The Morgan fingerprint density at radius 1 is 1.28 bits per heavy atom. The minimum atomic E-state index is -0.591. The lowest BCUT2D eigenvalue weighted by Gasteiger charge is -2.17. The maximum atomic E-state index is 11.8. The first-order valence-electron chi connectivity index (χ1n) is 5.85. The summed E-state index contributed by atoms with van der Waals surface area (Å²) in [6.07, 6.45) is 0.395. The van der Waals surface area contributed by atoms with E-state index in [1.54, 1.807) is 24.3 Å². The minimum Gasteiger partial charge on any atom is -0.508 e. The van der Waals surface area contributed by atoms with Crippen LogP contribution in [-0.4, -0.2) is 29.5 Å². The fourth-order valence-electron chi connectivity index (χ4n) is 1.62. The molecule has 0 aliphatic heterocycles. The normalized spacial score (nSPS) is 11.7. The van der Waals surface area contributed by atoms with Crippen LogP contribution in [0.1, 0.15) is 19.4 Å². The largest absolute Gasteiger partial charge is 0.508 e. The van der Waals surface area contributed by atoms with Crippen molar-refractivity contribution < 1.29 is 14.7 Å². The smallest absolute Gasteiger partial charge is 0.242 e. The van der Waals surface area contributed by atoms with E-state index in [2.05, 4.69) is 10.6 Å². The number of phenols is 1. The van der Waals surface area contributed by atoms with E-state index in [0.717, 1.165) is 5.56 Å². The van der Waals surface area contributed by atoms with E-state index >= 15 is 0 Å². The molecule has 2 amide bonds. The number of phenolic OH excluding ortho intramolecular Hbond substituents is 1. The fourth-order valence-corrected chi connectivity index (χ4v) is 1.62. The number of likely N-dealkylation sites (N-methyl/N-ethyl adjacent to an activating group) is 1. The molecule has 98 valence electrons. The number of nitrogens with one attached hydrogen (secondary N) is 2. The Labute approximate surface area is 106 Å². The van der Waals surface area contributed by atoms with Crippen LogP contribution in [0.5, 0.6) is 5.75 Å². The number of benzene rings is 1. The van der Waals surface area contributed by atoms with Crippen LogP contribution in [-0.2, 0) is 16.0 Å². The second-order valence-electron chi connectivity index (χ2n) is 4.02. The molecule has 3 N–H and O–H groups in total. The molecule has 0 aliphatic rings. The van der Waals surface area contributed by atoms with Gasteiger partial charge in [-0.25, -0.2) is 0 Å². The molecule has 1 rings (SSSR count). The molecule has 5 heteroatoms. The van der Waals surface area contributed by atoms with Crippen LogP contribution >= 0.6 is 0 Å². The molecule has 0 saturated heterocycles. The highest BCUT2D eigenvalue weighted by atomic mass is 16.3. The molecule has 5 nitrogen and oxygen atoms in total. The summed E-state index contributed by atoms with van der Waals surface area (Å²) in [5, 5.41) is 14.5. The zero-order valence-electron chi connectivity index (χ0n) is 10.6. The Morgan fingerprint density at radius 3 is 2.39 bits per heavy atom. The van der Waals surface area contributed by atoms with Gasteiger partial charge in [-0.1, -0.05) is 12.1 Å². The zero-order valence-corrected chi connectivity index (χ0v) is 10.6. The lowest BCUT2D eigenvalue weighted by Crippen LogP contribution is -2.47. The van der Waals surface area contributed by atoms with E-state index in [0.29, 0.717) is 13.0 Å². The molecular weight excluding hydrogens is 232 g/mol. The summed E-state index contributed by atoms with van der Waals surface area (Å²) < 4.78 is 0. The number of hydrogen-bond donors (Lipinski definition) is 3. The first-order chi connectivity index (χ1) is 8.52. The van der Waals surface area contributed by atoms with Gasteiger partial charge in [-0.2, -0.15) is 0 Å². The molecule has 0 spiro atoms. The van der Waals surface area contributed by atoms with Crippen molar-refractivity contribution in [2.45, 2.75) is 26.3 Å². The van der Waals surface area contributed by atoms with Gasteiger partial charge in [-0.3, -0.25) is 9.59 Å². The van der Waals surface area contributed by atoms with Crippen molar-refractivity contribution in [3.8, 4) is 5.75 Å². The van der Waals surface area contributed by atoms with Crippen LogP contribution < -0.4 is 10.6 Å². The number of carbonyl (C=O) groups excluding carboxylic acids is 2. The van der Waals surface area contributed by atoms with Crippen LogP contribution in [0.15, 0.2) is 24.3 Å². The highest BCUT2D eigenvalue weighted by molar-refractivity contribution is 5.87. The highest BCUT2D eigenvalue weighted by Gasteiger charge is 2.18. The summed E-state index contributed by atoms with van der Waals surface area (Å²) >= 11 is 0. The van der Waals surface area contributed by atoms with E-state index in [-0.39, 0.29) is 17.6 Å². The summed E-state index contributed by atoms with van der Waals surface area (Å²) in [5.41, 5.74) is 0.873. The minimum absolute atomic E-state index is 0.174. The summed E-state index contributed by atoms with van der Waals surface area (Å²) in [6.45, 7) is 3.72. The van der Waals surface area contributed by atoms with Crippen molar-refractivity contribution in [2.75, 3.05) is 6.54 Å². The van der Waals surface area contributed by atoms with Crippen LogP contribution in [0, 0.1) is 0 Å². The fraction of sp³-hybridized carbons (Fsp3) is 0.385. The van der Waals surface area contributed by atoms with Crippen molar-refractivity contribution in [3.63, 3.8) is 0 Å². The molecule has 1 atom stereocenters. The van der Waals surface area contributed by atoms with Crippen molar-refractivity contribution in [1.29, 1.82) is 0 Å². The second kappa shape index (κ2) is 6.64. The molecular formula is C13H18N2O3. The van der Waals surface area contributed by atoms with Gasteiger partial charge in [0.2, 0.25) is 11.8 Å². The van der Waals surface area contributed by atoms with Gasteiger partial charge in [0.1, 0.15) is 11.8 Å². The quantitative estimate of drug-likeness (QED) is 0.715. The molecule has 0 fully saturated rings. The van der Waals surface area contributed by atoms with E-state index in [4.69, 9.17) is 0 Å². The van der Waals surface area contributed by atoms with Crippen LogP contribution in [0.3, 0.4) is 0 Å². The Hall–Kier alpha value is -2.04. The van der Waals surface area contributed by atoms with Gasteiger partial charge in [0, 0.05) is 19.9 Å². The molecule has 18 heavy (non-hydrogen) atoms. The van der Waals surface area contributed by atoms with E-state index in [1.165, 1.54) is 6.92 Å². The SMILES string of the molecule is CCNC(=O)[C@H](Cc1ccc(O)cc1)NC(C)=O. The van der Waals surface area contributed by atoms with E-state index in [1.807, 2.05) is 6.92 Å². The molecule has 1 aromatic rings. The first-order valence-corrected chi connectivity index (χ1v) is 5.85. The maximum absolute atomic E-state index is 11.8. The molecule has 0 aliphatic carbocycles. The number of rotatable bonds is 5. The molecule has 0 bridgehead atoms. The van der Waals surface area contributed by atoms with Gasteiger partial charge in [0.25, 0.3) is 0 Å². The molecule has 0 unspecified atom stereocenters. The number of hydrogen-bond acceptors (Lipinski definition) is 3. The maximum Gasteiger partial charge on any atom is 0.242 e. The Kier molecular flexibility index (Phi) is 5.17. The van der Waals surface area contributed by atoms with Crippen molar-refractivity contribution in [1.82, 2.24) is 10.6 Å². The predicted octanol–water partition coefficient (Wildman–Crippen LogP) is 0.575. The molecule has 0 saturated carbocycles. The average Bonchev–Trinajstić information content (AvgIpc) is 2.31. The molecule has 0 aromatic heterocycles. The van der Waals surface area contributed by atoms with Crippen LogP contribution in [0.25, 0.3) is 0 Å². The number of aromatic hydroxyl groups is 1. The predicted molar refractivity (Wildman–Crippen MR) is 68.1 cm³/mol. The van der Waals surface area contributed by atoms with E-state index < -0.39 is 6.04 Å². The van der Waals surface area contributed by atoms with Crippen molar-refractivity contribution >= 4 is 11.8 Å². The zero-order chi connectivity index (χ0) is 13.5. The highest BCUT2D eigenvalue weighted by Crippen LogP contribution is 2.11. The van der Waals surface area contributed by atoms with E-state index in [9.17, 15) is 14.7 Å².